The van der Waals surface area contributed by atoms with Gasteiger partial charge >= 0.3 is 117 Å². The number of alkyl halides is 1. The molecule has 0 fully saturated rings. The van der Waals surface area contributed by atoms with Crippen LogP contribution in [0, 0.1) is 3.57 Å². The molecule has 0 amide bonds. The van der Waals surface area contributed by atoms with Gasteiger partial charge in [-0.25, -0.2) is 0 Å². The SMILES string of the molecule is C1=CC=Cc2cc3ncncc3cc2[IH]CC=C1. The maximum absolute atomic E-state index is 4.32. The zero-order valence-electron chi connectivity index (χ0n) is 9.78. The molecule has 90 valence electrons. The second-order valence-corrected chi connectivity index (χ2v) is 6.99. The average molecular weight is 348 g/mol. The normalized spacial score (nSPS) is 15.1. The predicted octanol–water partition coefficient (Wildman–Crippen LogP) is 3.64. The molecule has 0 aliphatic carbocycles. The van der Waals surface area contributed by atoms with Crippen molar-refractivity contribution in [2.45, 2.75) is 0 Å². The Morgan fingerprint density at radius 2 is 2.00 bits per heavy atom. The average Bonchev–Trinajstić information content (AvgIpc) is 2.42. The van der Waals surface area contributed by atoms with Crippen molar-refractivity contribution in [2.24, 2.45) is 0 Å². The zero-order valence-corrected chi connectivity index (χ0v) is 12.1. The molecule has 1 aliphatic heterocycles. The van der Waals surface area contributed by atoms with Gasteiger partial charge in [-0.15, -0.1) is 0 Å². The summed E-state index contributed by atoms with van der Waals surface area (Å²) in [5.41, 5.74) is 2.33. The molecule has 0 saturated carbocycles. The maximum atomic E-state index is 4.32. The van der Waals surface area contributed by atoms with E-state index in [0.29, 0.717) is 0 Å². The number of benzene rings is 1. The first-order chi connectivity index (χ1) is 8.93. The molecular formula is C15H13IN2. The van der Waals surface area contributed by atoms with E-state index >= 15 is 0 Å². The van der Waals surface area contributed by atoms with Crippen LogP contribution >= 0.6 is 21.2 Å². The quantitative estimate of drug-likeness (QED) is 0.537. The van der Waals surface area contributed by atoms with Crippen LogP contribution in [0.4, 0.5) is 0 Å². The van der Waals surface area contributed by atoms with Crippen molar-refractivity contribution in [1.82, 2.24) is 9.97 Å². The Morgan fingerprint density at radius 3 is 3.00 bits per heavy atom. The molecular weight excluding hydrogens is 335 g/mol. The molecule has 3 heteroatoms. The molecule has 0 spiro atoms. The van der Waals surface area contributed by atoms with Crippen molar-refractivity contribution in [3.63, 3.8) is 0 Å². The third kappa shape index (κ3) is 2.51. The Labute approximate surface area is 116 Å². The van der Waals surface area contributed by atoms with Crippen LogP contribution < -0.4 is 0 Å². The number of rotatable bonds is 0. The molecule has 2 nitrogen and oxygen atoms in total. The van der Waals surface area contributed by atoms with Crippen molar-refractivity contribution in [3.8, 4) is 0 Å². The van der Waals surface area contributed by atoms with E-state index in [9.17, 15) is 0 Å². The summed E-state index contributed by atoms with van der Waals surface area (Å²) in [5.74, 6) is 0. The first-order valence-electron chi connectivity index (χ1n) is 5.80. The van der Waals surface area contributed by atoms with Gasteiger partial charge in [-0.2, -0.15) is 0 Å². The fourth-order valence-electron chi connectivity index (χ4n) is 1.84. The van der Waals surface area contributed by atoms with Gasteiger partial charge in [-0.05, 0) is 0 Å². The fourth-order valence-corrected chi connectivity index (χ4v) is 4.38. The van der Waals surface area contributed by atoms with E-state index in [1.807, 2.05) is 6.20 Å². The molecule has 0 bridgehead atoms. The molecule has 18 heavy (non-hydrogen) atoms. The van der Waals surface area contributed by atoms with Gasteiger partial charge in [0.2, 0.25) is 0 Å². The van der Waals surface area contributed by atoms with E-state index in [0.717, 1.165) is 10.9 Å². The van der Waals surface area contributed by atoms with Crippen molar-refractivity contribution in [2.75, 3.05) is 4.43 Å². The summed E-state index contributed by atoms with van der Waals surface area (Å²) in [7, 11) is 0. The Bertz CT molecular complexity index is 657. The molecule has 2 aromatic rings. The number of fused-ring (bicyclic) bond motifs is 2. The van der Waals surface area contributed by atoms with Crippen LogP contribution in [0.5, 0.6) is 0 Å². The van der Waals surface area contributed by atoms with Gasteiger partial charge in [-0.3, -0.25) is 0 Å². The molecule has 1 aromatic heterocycles. The van der Waals surface area contributed by atoms with Crippen LogP contribution in [0.1, 0.15) is 5.56 Å². The minimum atomic E-state index is -0.170. The fraction of sp³-hybridized carbons (Fsp3) is 0.0667. The molecule has 2 heterocycles. The number of aromatic nitrogens is 2. The number of hydrogen-bond acceptors (Lipinski definition) is 2. The second-order valence-electron chi connectivity index (χ2n) is 3.95. The Balaban J connectivity index is 2.15. The van der Waals surface area contributed by atoms with Gasteiger partial charge in [0.05, 0.1) is 0 Å². The first-order valence-corrected chi connectivity index (χ1v) is 8.61. The van der Waals surface area contributed by atoms with Gasteiger partial charge in [0, 0.05) is 0 Å². The first kappa shape index (κ1) is 11.6. The monoisotopic (exact) mass is 348 g/mol. The molecule has 0 unspecified atom stereocenters. The van der Waals surface area contributed by atoms with E-state index in [1.165, 1.54) is 13.6 Å². The standard InChI is InChI=1S/C15H13IN2/c1-2-4-6-12-9-15-13(10-17-11-18-15)8-14(12)16-7-5-3-1/h1-6,8-11,16H,7H2. The van der Waals surface area contributed by atoms with E-state index < -0.39 is 0 Å². The molecule has 1 aromatic carbocycles. The molecule has 0 atom stereocenters. The van der Waals surface area contributed by atoms with Gasteiger partial charge in [0.1, 0.15) is 0 Å². The van der Waals surface area contributed by atoms with Crippen LogP contribution in [-0.4, -0.2) is 14.4 Å². The number of hydrogen-bond donors (Lipinski definition) is 0. The Kier molecular flexibility index (Phi) is 3.50. The molecule has 0 radical (unpaired) electrons. The number of nitrogens with zero attached hydrogens (tertiary/aromatic N) is 2. The van der Waals surface area contributed by atoms with Gasteiger partial charge in [-0.1, -0.05) is 0 Å². The zero-order chi connectivity index (χ0) is 12.2. The summed E-state index contributed by atoms with van der Waals surface area (Å²) < 4.78 is 2.67. The van der Waals surface area contributed by atoms with Crippen molar-refractivity contribution >= 4 is 38.2 Å². The van der Waals surface area contributed by atoms with Crippen molar-refractivity contribution < 1.29 is 0 Å². The second kappa shape index (κ2) is 5.44. The topological polar surface area (TPSA) is 25.8 Å². The minimum absolute atomic E-state index is 0.170. The van der Waals surface area contributed by atoms with Crippen molar-refractivity contribution in [1.29, 1.82) is 0 Å². The van der Waals surface area contributed by atoms with Gasteiger partial charge in [0.25, 0.3) is 0 Å². The van der Waals surface area contributed by atoms with Crippen molar-refractivity contribution in [3.05, 3.63) is 64.2 Å². The Hall–Kier alpha value is -1.49. The third-order valence-corrected chi connectivity index (χ3v) is 5.64. The molecule has 0 saturated heterocycles. The molecule has 3 rings (SSSR count). The summed E-state index contributed by atoms with van der Waals surface area (Å²) in [6.45, 7) is 0. The summed E-state index contributed by atoms with van der Waals surface area (Å²) >= 11 is -0.170. The van der Waals surface area contributed by atoms with E-state index in [4.69, 9.17) is 0 Å². The van der Waals surface area contributed by atoms with Crippen LogP contribution in [0.2, 0.25) is 0 Å². The van der Waals surface area contributed by atoms with E-state index in [2.05, 4.69) is 58.6 Å². The number of halogens is 1. The Morgan fingerprint density at radius 1 is 1.06 bits per heavy atom. The van der Waals surface area contributed by atoms with Gasteiger partial charge < -0.3 is 0 Å². The van der Waals surface area contributed by atoms with Gasteiger partial charge in [0.15, 0.2) is 0 Å². The molecule has 0 N–H and O–H groups in total. The van der Waals surface area contributed by atoms with Crippen LogP contribution in [0.3, 0.4) is 0 Å². The van der Waals surface area contributed by atoms with Crippen LogP contribution in [0.25, 0.3) is 17.0 Å². The predicted molar refractivity (Wildman–Crippen MR) is 85.8 cm³/mol. The van der Waals surface area contributed by atoms with Crippen LogP contribution in [0.15, 0.2) is 55.0 Å². The summed E-state index contributed by atoms with van der Waals surface area (Å²) in [6.07, 6.45) is 16.3. The molecule has 1 aliphatic rings. The van der Waals surface area contributed by atoms with E-state index in [-0.39, 0.29) is 21.2 Å². The van der Waals surface area contributed by atoms with Crippen LogP contribution in [-0.2, 0) is 0 Å². The summed E-state index contributed by atoms with van der Waals surface area (Å²) in [4.78, 5) is 8.42. The summed E-state index contributed by atoms with van der Waals surface area (Å²) in [5, 5.41) is 1.14. The third-order valence-electron chi connectivity index (χ3n) is 2.72. The number of allylic oxidation sites excluding steroid dienone is 5. The summed E-state index contributed by atoms with van der Waals surface area (Å²) in [6, 6.07) is 4.43. The van der Waals surface area contributed by atoms with E-state index in [1.54, 1.807) is 6.33 Å².